The molecule has 2 rings (SSSR count). The molecule has 0 aliphatic rings. The Morgan fingerprint density at radius 2 is 1.67 bits per heavy atom. The molecule has 0 radical (unpaired) electrons. The van der Waals surface area contributed by atoms with E-state index in [0.717, 1.165) is 16.7 Å². The minimum atomic E-state index is 0.627. The van der Waals surface area contributed by atoms with Crippen molar-refractivity contribution in [3.63, 3.8) is 0 Å². The van der Waals surface area contributed by atoms with Crippen molar-refractivity contribution in [2.75, 3.05) is 5.84 Å². The Bertz CT molecular complexity index is 483. The summed E-state index contributed by atoms with van der Waals surface area (Å²) in [6.07, 6.45) is 3.70. The van der Waals surface area contributed by atoms with E-state index in [0.29, 0.717) is 10.0 Å². The molecule has 15 heavy (non-hydrogen) atoms. The molecule has 0 aliphatic heterocycles. The molecule has 2 N–H and O–H groups in total. The molecule has 0 spiro atoms. The monoisotopic (exact) mass is 240 g/mol. The van der Waals surface area contributed by atoms with E-state index >= 15 is 0 Å². The average molecular weight is 241 g/mol. The van der Waals surface area contributed by atoms with E-state index in [-0.39, 0.29) is 0 Å². The predicted molar refractivity (Wildman–Crippen MR) is 64.8 cm³/mol. The van der Waals surface area contributed by atoms with Crippen LogP contribution < -0.4 is 5.84 Å². The first kappa shape index (κ1) is 10.4. The van der Waals surface area contributed by atoms with Gasteiger partial charge >= 0.3 is 0 Å². The lowest BCUT2D eigenvalue weighted by Gasteiger charge is -2.02. The quantitative estimate of drug-likeness (QED) is 0.761. The molecule has 1 aromatic heterocycles. The van der Waals surface area contributed by atoms with Crippen molar-refractivity contribution in [1.82, 2.24) is 4.68 Å². The van der Waals surface area contributed by atoms with Gasteiger partial charge in [-0.25, -0.2) is 0 Å². The van der Waals surface area contributed by atoms with Crippen LogP contribution in [-0.2, 0) is 0 Å². The molecular formula is C11H10Cl2N2. The van der Waals surface area contributed by atoms with Crippen LogP contribution in [0.2, 0.25) is 10.0 Å². The minimum Gasteiger partial charge on any atom is -0.340 e. The Morgan fingerprint density at radius 1 is 1.07 bits per heavy atom. The van der Waals surface area contributed by atoms with Crippen molar-refractivity contribution in [2.45, 2.75) is 6.92 Å². The molecule has 0 saturated heterocycles. The molecule has 0 unspecified atom stereocenters. The number of benzene rings is 1. The molecule has 2 nitrogen and oxygen atoms in total. The lowest BCUT2D eigenvalue weighted by atomic mass is 10.1. The van der Waals surface area contributed by atoms with Gasteiger partial charge in [0.2, 0.25) is 0 Å². The molecule has 4 heteroatoms. The second kappa shape index (κ2) is 3.80. The first-order chi connectivity index (χ1) is 7.06. The maximum Gasteiger partial charge on any atom is 0.0426 e. The third-order valence-corrected chi connectivity index (χ3v) is 2.66. The molecule has 0 amide bonds. The van der Waals surface area contributed by atoms with Gasteiger partial charge in [0.25, 0.3) is 0 Å². The summed E-state index contributed by atoms with van der Waals surface area (Å²) in [6, 6.07) is 5.45. The molecular weight excluding hydrogens is 231 g/mol. The van der Waals surface area contributed by atoms with Crippen molar-refractivity contribution in [3.8, 4) is 11.1 Å². The van der Waals surface area contributed by atoms with Crippen LogP contribution in [0.3, 0.4) is 0 Å². The SMILES string of the molecule is Cc1cn(N)cc1-c1cc(Cl)cc(Cl)c1. The summed E-state index contributed by atoms with van der Waals surface area (Å²) in [6.45, 7) is 1.99. The fraction of sp³-hybridized carbons (Fsp3) is 0.0909. The van der Waals surface area contributed by atoms with Gasteiger partial charge in [0.15, 0.2) is 0 Å². The van der Waals surface area contributed by atoms with E-state index in [9.17, 15) is 0 Å². The van der Waals surface area contributed by atoms with Crippen LogP contribution in [0, 0.1) is 6.92 Å². The van der Waals surface area contributed by atoms with E-state index in [1.54, 1.807) is 6.07 Å². The third-order valence-electron chi connectivity index (χ3n) is 2.22. The number of rotatable bonds is 1. The van der Waals surface area contributed by atoms with Crippen LogP contribution in [0.5, 0.6) is 0 Å². The summed E-state index contributed by atoms with van der Waals surface area (Å²) in [5.74, 6) is 5.64. The molecule has 0 fully saturated rings. The molecule has 78 valence electrons. The molecule has 0 saturated carbocycles. The Balaban J connectivity index is 2.58. The third kappa shape index (κ3) is 2.11. The molecule has 0 aliphatic carbocycles. The van der Waals surface area contributed by atoms with Crippen molar-refractivity contribution in [3.05, 3.63) is 46.2 Å². The lowest BCUT2D eigenvalue weighted by Crippen LogP contribution is -2.02. The molecule has 2 aromatic rings. The number of halogens is 2. The minimum absolute atomic E-state index is 0.627. The van der Waals surface area contributed by atoms with Crippen molar-refractivity contribution in [1.29, 1.82) is 0 Å². The van der Waals surface area contributed by atoms with E-state index < -0.39 is 0 Å². The number of nitrogen functional groups attached to an aromatic ring is 1. The number of aryl methyl sites for hydroxylation is 1. The van der Waals surface area contributed by atoms with Gasteiger partial charge in [0, 0.05) is 28.0 Å². The largest absolute Gasteiger partial charge is 0.340 e. The summed E-state index contributed by atoms with van der Waals surface area (Å²) < 4.78 is 1.53. The van der Waals surface area contributed by atoms with Crippen LogP contribution in [-0.4, -0.2) is 4.68 Å². The van der Waals surface area contributed by atoms with Crippen LogP contribution in [0.1, 0.15) is 5.56 Å². The van der Waals surface area contributed by atoms with Gasteiger partial charge in [0.05, 0.1) is 0 Å². The Morgan fingerprint density at radius 3 is 2.13 bits per heavy atom. The zero-order valence-corrected chi connectivity index (χ0v) is 9.68. The Hall–Kier alpha value is -1.12. The highest BCUT2D eigenvalue weighted by atomic mass is 35.5. The second-order valence-electron chi connectivity index (χ2n) is 3.46. The predicted octanol–water partition coefficient (Wildman–Crippen LogP) is 3.48. The normalized spacial score (nSPS) is 10.6. The number of hydrogen-bond donors (Lipinski definition) is 1. The van der Waals surface area contributed by atoms with Gasteiger partial charge in [-0.3, -0.25) is 4.68 Å². The molecule has 0 bridgehead atoms. The maximum atomic E-state index is 5.94. The van der Waals surface area contributed by atoms with Gasteiger partial charge in [-0.2, -0.15) is 0 Å². The van der Waals surface area contributed by atoms with Crippen LogP contribution in [0.25, 0.3) is 11.1 Å². The molecule has 1 aromatic carbocycles. The van der Waals surface area contributed by atoms with Gasteiger partial charge in [-0.1, -0.05) is 23.2 Å². The zero-order chi connectivity index (χ0) is 11.0. The van der Waals surface area contributed by atoms with Crippen LogP contribution in [0.15, 0.2) is 30.6 Å². The van der Waals surface area contributed by atoms with E-state index in [2.05, 4.69) is 0 Å². The Kier molecular flexibility index (Phi) is 2.63. The topological polar surface area (TPSA) is 30.9 Å². The van der Waals surface area contributed by atoms with Gasteiger partial charge in [-0.05, 0) is 36.2 Å². The van der Waals surface area contributed by atoms with E-state index in [1.807, 2.05) is 31.5 Å². The second-order valence-corrected chi connectivity index (χ2v) is 4.33. The standard InChI is InChI=1S/C11H10Cl2N2/c1-7-5-15(14)6-11(7)8-2-9(12)4-10(13)3-8/h2-6H,14H2,1H3. The number of hydrogen-bond acceptors (Lipinski definition) is 1. The molecule has 1 heterocycles. The van der Waals surface area contributed by atoms with E-state index in [4.69, 9.17) is 29.0 Å². The highest BCUT2D eigenvalue weighted by Crippen LogP contribution is 2.29. The highest BCUT2D eigenvalue weighted by Gasteiger charge is 2.06. The smallest absolute Gasteiger partial charge is 0.0426 e. The Labute approximate surface area is 98.2 Å². The fourth-order valence-corrected chi connectivity index (χ4v) is 2.12. The van der Waals surface area contributed by atoms with Crippen molar-refractivity contribution >= 4 is 23.2 Å². The fourth-order valence-electron chi connectivity index (χ4n) is 1.59. The average Bonchev–Trinajstić information content (AvgIpc) is 2.43. The number of nitrogens with zero attached hydrogens (tertiary/aromatic N) is 1. The highest BCUT2D eigenvalue weighted by molar-refractivity contribution is 6.35. The van der Waals surface area contributed by atoms with Crippen LogP contribution in [0.4, 0.5) is 0 Å². The first-order valence-electron chi connectivity index (χ1n) is 4.46. The molecule has 0 atom stereocenters. The van der Waals surface area contributed by atoms with E-state index in [1.165, 1.54) is 4.68 Å². The van der Waals surface area contributed by atoms with Crippen molar-refractivity contribution in [2.24, 2.45) is 0 Å². The summed E-state index contributed by atoms with van der Waals surface area (Å²) in [7, 11) is 0. The van der Waals surface area contributed by atoms with Crippen molar-refractivity contribution < 1.29 is 0 Å². The maximum absolute atomic E-state index is 5.94. The van der Waals surface area contributed by atoms with Gasteiger partial charge < -0.3 is 5.84 Å². The van der Waals surface area contributed by atoms with Gasteiger partial charge in [-0.15, -0.1) is 0 Å². The van der Waals surface area contributed by atoms with Gasteiger partial charge in [0.1, 0.15) is 0 Å². The lowest BCUT2D eigenvalue weighted by molar-refractivity contribution is 1.02. The van der Waals surface area contributed by atoms with Crippen LogP contribution >= 0.6 is 23.2 Å². The summed E-state index contributed by atoms with van der Waals surface area (Å²) in [5.41, 5.74) is 3.12. The summed E-state index contributed by atoms with van der Waals surface area (Å²) in [5, 5.41) is 1.25. The summed E-state index contributed by atoms with van der Waals surface area (Å²) in [4.78, 5) is 0. The number of aromatic nitrogens is 1. The summed E-state index contributed by atoms with van der Waals surface area (Å²) >= 11 is 11.9. The first-order valence-corrected chi connectivity index (χ1v) is 5.22. The number of nitrogens with two attached hydrogens (primary N) is 1. The zero-order valence-electron chi connectivity index (χ0n) is 8.17.